The van der Waals surface area contributed by atoms with Crippen molar-refractivity contribution < 1.29 is 9.72 Å². The molecule has 2 saturated heterocycles. The topological polar surface area (TPSA) is 79.6 Å². The maximum absolute atomic E-state index is 12.8. The Hall–Kier alpha value is -2.18. The lowest BCUT2D eigenvalue weighted by molar-refractivity contribution is -0.389. The van der Waals surface area contributed by atoms with Crippen LogP contribution in [-0.4, -0.2) is 46.9 Å². The largest absolute Gasteiger partial charge is 0.368 e. The van der Waals surface area contributed by atoms with Gasteiger partial charge in [-0.1, -0.05) is 12.8 Å². The van der Waals surface area contributed by atoms with Gasteiger partial charge in [-0.3, -0.25) is 4.79 Å². The minimum absolute atomic E-state index is 0.0204. The second kappa shape index (κ2) is 7.59. The molecule has 2 aliphatic rings. The average Bonchev–Trinajstić information content (AvgIpc) is 2.90. The zero-order valence-corrected chi connectivity index (χ0v) is 13.9. The molecule has 0 aliphatic carbocycles. The summed E-state index contributed by atoms with van der Waals surface area (Å²) in [5, 5.41) is 10.7. The molecular formula is C17H24N4O3. The first kappa shape index (κ1) is 16.7. The van der Waals surface area contributed by atoms with Crippen LogP contribution in [0, 0.1) is 16.0 Å². The molecule has 24 heavy (non-hydrogen) atoms. The summed E-state index contributed by atoms with van der Waals surface area (Å²) in [6, 6.07) is 3.15. The minimum atomic E-state index is -0.494. The predicted molar refractivity (Wildman–Crippen MR) is 90.9 cm³/mol. The van der Waals surface area contributed by atoms with E-state index < -0.39 is 4.92 Å². The first-order chi connectivity index (χ1) is 11.6. The Labute approximate surface area is 141 Å². The third-order valence-corrected chi connectivity index (χ3v) is 4.97. The van der Waals surface area contributed by atoms with Gasteiger partial charge in [0.1, 0.15) is 0 Å². The molecule has 0 N–H and O–H groups in total. The van der Waals surface area contributed by atoms with Crippen LogP contribution in [0.15, 0.2) is 18.3 Å². The van der Waals surface area contributed by atoms with Gasteiger partial charge in [-0.05, 0) is 41.7 Å². The third kappa shape index (κ3) is 3.83. The fourth-order valence-corrected chi connectivity index (χ4v) is 3.64. The van der Waals surface area contributed by atoms with Crippen molar-refractivity contribution in [3.8, 4) is 0 Å². The van der Waals surface area contributed by atoms with Crippen LogP contribution in [0.4, 0.5) is 11.5 Å². The van der Waals surface area contributed by atoms with Crippen LogP contribution in [0.2, 0.25) is 0 Å². The third-order valence-electron chi connectivity index (χ3n) is 4.97. The summed E-state index contributed by atoms with van der Waals surface area (Å²) in [4.78, 5) is 31.1. The number of nitro groups is 1. The van der Waals surface area contributed by atoms with E-state index in [4.69, 9.17) is 0 Å². The van der Waals surface area contributed by atoms with Crippen molar-refractivity contribution in [1.29, 1.82) is 0 Å². The zero-order valence-electron chi connectivity index (χ0n) is 13.9. The lowest BCUT2D eigenvalue weighted by atomic mass is 9.96. The zero-order chi connectivity index (χ0) is 16.9. The molecule has 0 radical (unpaired) electrons. The first-order valence-corrected chi connectivity index (χ1v) is 8.79. The van der Waals surface area contributed by atoms with Gasteiger partial charge in [0.05, 0.1) is 11.6 Å². The standard InChI is InChI=1S/C17H24N4O3/c22-17(19-9-3-1-2-4-10-19)14-6-5-11-20(13-14)15-7-8-16(18-12-15)21(23)24/h7-8,12,14H,1-6,9-11,13H2/t14-/m0/s1. The molecule has 1 amide bonds. The predicted octanol–water partition coefficient (Wildman–Crippen LogP) is 2.61. The maximum Gasteiger partial charge on any atom is 0.363 e. The maximum atomic E-state index is 12.8. The Morgan fingerprint density at radius 1 is 1.12 bits per heavy atom. The van der Waals surface area contributed by atoms with Crippen molar-refractivity contribution in [3.63, 3.8) is 0 Å². The number of hydrogen-bond donors (Lipinski definition) is 0. The van der Waals surface area contributed by atoms with Crippen LogP contribution in [0.5, 0.6) is 0 Å². The van der Waals surface area contributed by atoms with Crippen molar-refractivity contribution in [2.24, 2.45) is 5.92 Å². The van der Waals surface area contributed by atoms with Crippen LogP contribution >= 0.6 is 0 Å². The molecule has 7 heteroatoms. The van der Waals surface area contributed by atoms with E-state index in [0.29, 0.717) is 6.54 Å². The van der Waals surface area contributed by atoms with Crippen molar-refractivity contribution in [2.75, 3.05) is 31.1 Å². The molecule has 2 aliphatic heterocycles. The molecule has 3 heterocycles. The van der Waals surface area contributed by atoms with E-state index in [1.54, 1.807) is 6.07 Å². The molecule has 2 fully saturated rings. The van der Waals surface area contributed by atoms with Gasteiger partial charge in [0.25, 0.3) is 0 Å². The number of amides is 1. The number of hydrogen-bond acceptors (Lipinski definition) is 5. The number of carbonyl (C=O) groups excluding carboxylic acids is 1. The van der Waals surface area contributed by atoms with E-state index in [2.05, 4.69) is 9.88 Å². The van der Waals surface area contributed by atoms with Gasteiger partial charge < -0.3 is 19.9 Å². The highest BCUT2D eigenvalue weighted by Gasteiger charge is 2.30. The number of rotatable bonds is 3. The fraction of sp³-hybridized carbons (Fsp3) is 0.647. The van der Waals surface area contributed by atoms with Gasteiger partial charge >= 0.3 is 5.82 Å². The van der Waals surface area contributed by atoms with Gasteiger partial charge in [-0.25, -0.2) is 0 Å². The molecule has 0 bridgehead atoms. The molecule has 7 nitrogen and oxygen atoms in total. The molecule has 3 rings (SSSR count). The highest BCUT2D eigenvalue weighted by Crippen LogP contribution is 2.25. The fourth-order valence-electron chi connectivity index (χ4n) is 3.64. The minimum Gasteiger partial charge on any atom is -0.368 e. The van der Waals surface area contributed by atoms with E-state index in [-0.39, 0.29) is 17.6 Å². The van der Waals surface area contributed by atoms with Crippen LogP contribution in [0.25, 0.3) is 0 Å². The number of pyridine rings is 1. The Morgan fingerprint density at radius 2 is 1.88 bits per heavy atom. The summed E-state index contributed by atoms with van der Waals surface area (Å²) >= 11 is 0. The molecule has 0 spiro atoms. The van der Waals surface area contributed by atoms with Crippen molar-refractivity contribution in [1.82, 2.24) is 9.88 Å². The van der Waals surface area contributed by atoms with Gasteiger partial charge in [0.2, 0.25) is 5.91 Å². The lowest BCUT2D eigenvalue weighted by Crippen LogP contribution is -2.45. The molecule has 1 aromatic rings. The molecule has 0 saturated carbocycles. The molecule has 1 atom stereocenters. The Kier molecular flexibility index (Phi) is 5.27. The van der Waals surface area contributed by atoms with Crippen molar-refractivity contribution in [2.45, 2.75) is 38.5 Å². The Morgan fingerprint density at radius 3 is 2.50 bits per heavy atom. The summed E-state index contributed by atoms with van der Waals surface area (Å²) in [7, 11) is 0. The normalized spacial score (nSPS) is 22.1. The smallest absolute Gasteiger partial charge is 0.363 e. The quantitative estimate of drug-likeness (QED) is 0.628. The summed E-state index contributed by atoms with van der Waals surface area (Å²) in [5.41, 5.74) is 0.856. The van der Waals surface area contributed by atoms with Gasteiger partial charge in [0.15, 0.2) is 6.20 Å². The van der Waals surface area contributed by atoms with Crippen LogP contribution in [0.1, 0.15) is 38.5 Å². The van der Waals surface area contributed by atoms with E-state index in [0.717, 1.165) is 51.0 Å². The molecule has 1 aromatic heterocycles. The SMILES string of the molecule is O=C([C@H]1CCCN(c2ccc([N+](=O)[O-])nc2)C1)N1CCCCCC1. The van der Waals surface area contributed by atoms with Crippen LogP contribution in [-0.2, 0) is 4.79 Å². The number of nitrogens with zero attached hydrogens (tertiary/aromatic N) is 4. The number of likely N-dealkylation sites (tertiary alicyclic amines) is 1. The number of piperidine rings is 1. The molecular weight excluding hydrogens is 308 g/mol. The van der Waals surface area contributed by atoms with E-state index in [9.17, 15) is 14.9 Å². The second-order valence-electron chi connectivity index (χ2n) is 6.66. The van der Waals surface area contributed by atoms with Crippen molar-refractivity contribution >= 4 is 17.4 Å². The van der Waals surface area contributed by atoms with E-state index in [1.165, 1.54) is 25.1 Å². The van der Waals surface area contributed by atoms with Gasteiger partial charge in [-0.2, -0.15) is 0 Å². The van der Waals surface area contributed by atoms with Gasteiger partial charge in [0, 0.05) is 32.2 Å². The van der Waals surface area contributed by atoms with E-state index in [1.807, 2.05) is 4.90 Å². The lowest BCUT2D eigenvalue weighted by Gasteiger charge is -2.35. The molecule has 0 aromatic carbocycles. The van der Waals surface area contributed by atoms with Crippen LogP contribution < -0.4 is 4.90 Å². The second-order valence-corrected chi connectivity index (χ2v) is 6.66. The Balaban J connectivity index is 1.65. The monoisotopic (exact) mass is 332 g/mol. The highest BCUT2D eigenvalue weighted by atomic mass is 16.6. The summed E-state index contributed by atoms with van der Waals surface area (Å²) < 4.78 is 0. The van der Waals surface area contributed by atoms with Gasteiger partial charge in [-0.15, -0.1) is 0 Å². The van der Waals surface area contributed by atoms with Crippen molar-refractivity contribution in [3.05, 3.63) is 28.4 Å². The molecule has 0 unspecified atom stereocenters. The van der Waals surface area contributed by atoms with E-state index >= 15 is 0 Å². The van der Waals surface area contributed by atoms with Crippen LogP contribution in [0.3, 0.4) is 0 Å². The number of anilines is 1. The highest BCUT2D eigenvalue weighted by molar-refractivity contribution is 5.79. The Bertz CT molecular complexity index is 582. The summed E-state index contributed by atoms with van der Waals surface area (Å²) in [5.74, 6) is 0.150. The number of carbonyl (C=O) groups is 1. The average molecular weight is 332 g/mol. The number of aromatic nitrogens is 1. The molecule has 130 valence electrons. The first-order valence-electron chi connectivity index (χ1n) is 8.79. The summed E-state index contributed by atoms with van der Waals surface area (Å²) in [6.45, 7) is 3.31. The summed E-state index contributed by atoms with van der Waals surface area (Å²) in [6.07, 6.45) is 8.07.